The summed E-state index contributed by atoms with van der Waals surface area (Å²) in [5, 5.41) is 0.749. The summed E-state index contributed by atoms with van der Waals surface area (Å²) in [6.07, 6.45) is 3.11. The second kappa shape index (κ2) is 5.96. The Morgan fingerprint density at radius 3 is 2.67 bits per heavy atom. The first-order chi connectivity index (χ1) is 11.2. The highest BCUT2D eigenvalue weighted by Gasteiger charge is 2.34. The van der Waals surface area contributed by atoms with Gasteiger partial charge in [-0.05, 0) is 67.3 Å². The molecule has 1 aromatic rings. The monoisotopic (exact) mass is 343 g/mol. The standard InChI is InChI=1S/C19H25N3OS/c1-12-11-19(2,3)22(6)15-8-7-13(9-14(12)15)10-16-17(23)21(5)18(20-4)24-16/h7-10,12H,11H2,1-6H3/b16-10-,20-18?. The number of thioether (sulfide) groups is 1. The predicted octanol–water partition coefficient (Wildman–Crippen LogP) is 3.94. The van der Waals surface area contributed by atoms with E-state index in [-0.39, 0.29) is 11.4 Å². The molecule has 1 aromatic carbocycles. The van der Waals surface area contributed by atoms with E-state index >= 15 is 0 Å². The molecular formula is C19H25N3OS. The Kier molecular flexibility index (Phi) is 4.24. The van der Waals surface area contributed by atoms with Crippen molar-refractivity contribution in [1.29, 1.82) is 0 Å². The van der Waals surface area contributed by atoms with E-state index in [9.17, 15) is 4.79 Å². The third-order valence-corrected chi connectivity index (χ3v) is 6.30. The molecule has 128 valence electrons. The predicted molar refractivity (Wildman–Crippen MR) is 104 cm³/mol. The number of hydrogen-bond acceptors (Lipinski definition) is 4. The molecule has 0 spiro atoms. The lowest BCUT2D eigenvalue weighted by Crippen LogP contribution is -2.45. The number of carbonyl (C=O) groups excluding carboxylic acids is 1. The van der Waals surface area contributed by atoms with Crippen LogP contribution in [0.2, 0.25) is 0 Å². The molecule has 2 heterocycles. The summed E-state index contributed by atoms with van der Waals surface area (Å²) < 4.78 is 0. The number of nitrogens with zero attached hydrogens (tertiary/aromatic N) is 3. The SMILES string of the molecule is CN=C1S/C(=C\c2ccc3c(c2)C(C)CC(C)(C)N3C)C(=O)N1C. The van der Waals surface area contributed by atoms with Crippen molar-refractivity contribution in [2.45, 2.75) is 38.6 Å². The van der Waals surface area contributed by atoms with E-state index in [2.05, 4.69) is 55.9 Å². The highest BCUT2D eigenvalue weighted by molar-refractivity contribution is 8.18. The van der Waals surface area contributed by atoms with E-state index in [0.717, 1.165) is 22.1 Å². The van der Waals surface area contributed by atoms with Gasteiger partial charge in [0.1, 0.15) is 0 Å². The molecule has 4 nitrogen and oxygen atoms in total. The lowest BCUT2D eigenvalue weighted by atomic mass is 9.80. The van der Waals surface area contributed by atoms with Crippen molar-refractivity contribution in [3.63, 3.8) is 0 Å². The second-order valence-electron chi connectivity index (χ2n) is 7.28. The van der Waals surface area contributed by atoms with Crippen molar-refractivity contribution in [2.75, 3.05) is 26.0 Å². The highest BCUT2D eigenvalue weighted by Crippen LogP contribution is 2.43. The quantitative estimate of drug-likeness (QED) is 0.725. The molecule has 0 aliphatic carbocycles. The first-order valence-corrected chi connectivity index (χ1v) is 9.08. The molecule has 1 amide bonds. The number of carbonyl (C=O) groups is 1. The molecule has 1 atom stereocenters. The minimum Gasteiger partial charge on any atom is -0.369 e. The molecule has 2 aliphatic rings. The normalized spacial score (nSPS) is 26.4. The summed E-state index contributed by atoms with van der Waals surface area (Å²) in [6, 6.07) is 6.51. The van der Waals surface area contributed by atoms with E-state index in [1.807, 2.05) is 6.08 Å². The third kappa shape index (κ3) is 2.75. The van der Waals surface area contributed by atoms with Gasteiger partial charge in [0.05, 0.1) is 4.91 Å². The van der Waals surface area contributed by atoms with Crippen LogP contribution in [0.25, 0.3) is 6.08 Å². The van der Waals surface area contributed by atoms with Gasteiger partial charge in [-0.1, -0.05) is 13.0 Å². The van der Waals surface area contributed by atoms with Crippen LogP contribution in [0.15, 0.2) is 28.1 Å². The van der Waals surface area contributed by atoms with Crippen LogP contribution in [-0.4, -0.2) is 42.7 Å². The molecule has 0 aromatic heterocycles. The van der Waals surface area contributed by atoms with Crippen LogP contribution in [-0.2, 0) is 4.79 Å². The lowest BCUT2D eigenvalue weighted by Gasteiger charge is -2.45. The molecule has 1 saturated heterocycles. The second-order valence-corrected chi connectivity index (χ2v) is 8.28. The summed E-state index contributed by atoms with van der Waals surface area (Å²) in [7, 11) is 5.65. The molecule has 2 aliphatic heterocycles. The zero-order valence-corrected chi connectivity index (χ0v) is 16.1. The van der Waals surface area contributed by atoms with E-state index in [1.54, 1.807) is 19.0 Å². The van der Waals surface area contributed by atoms with Crippen LogP contribution in [0.5, 0.6) is 0 Å². The summed E-state index contributed by atoms with van der Waals surface area (Å²) in [5.74, 6) is 0.525. The highest BCUT2D eigenvalue weighted by atomic mass is 32.2. The fourth-order valence-corrected chi connectivity index (χ4v) is 4.51. The van der Waals surface area contributed by atoms with Gasteiger partial charge in [-0.25, -0.2) is 0 Å². The van der Waals surface area contributed by atoms with Gasteiger partial charge >= 0.3 is 0 Å². The number of amidine groups is 1. The van der Waals surface area contributed by atoms with Crippen molar-refractivity contribution in [3.8, 4) is 0 Å². The molecule has 24 heavy (non-hydrogen) atoms. The number of hydrogen-bond donors (Lipinski definition) is 0. The number of amides is 1. The molecule has 1 unspecified atom stereocenters. The van der Waals surface area contributed by atoms with Crippen molar-refractivity contribution in [1.82, 2.24) is 4.90 Å². The van der Waals surface area contributed by atoms with E-state index in [0.29, 0.717) is 5.92 Å². The van der Waals surface area contributed by atoms with Gasteiger partial charge in [0, 0.05) is 32.4 Å². The van der Waals surface area contributed by atoms with Gasteiger partial charge in [0.15, 0.2) is 5.17 Å². The van der Waals surface area contributed by atoms with Crippen LogP contribution in [0, 0.1) is 0 Å². The summed E-state index contributed by atoms with van der Waals surface area (Å²) >= 11 is 1.44. The molecule has 0 bridgehead atoms. The molecule has 0 N–H and O–H groups in total. The Morgan fingerprint density at radius 1 is 1.33 bits per heavy atom. The largest absolute Gasteiger partial charge is 0.369 e. The maximum atomic E-state index is 12.3. The Bertz CT molecular complexity index is 751. The number of anilines is 1. The fourth-order valence-electron chi connectivity index (χ4n) is 3.59. The Hall–Kier alpha value is -1.75. The summed E-state index contributed by atoms with van der Waals surface area (Å²) in [6.45, 7) is 6.87. The van der Waals surface area contributed by atoms with Crippen LogP contribution in [0.1, 0.15) is 44.2 Å². The van der Waals surface area contributed by atoms with Gasteiger partial charge in [-0.2, -0.15) is 0 Å². The molecule has 0 radical (unpaired) electrons. The first kappa shape index (κ1) is 17.1. The van der Waals surface area contributed by atoms with Crippen molar-refractivity contribution in [2.24, 2.45) is 4.99 Å². The zero-order valence-electron chi connectivity index (χ0n) is 15.3. The first-order valence-electron chi connectivity index (χ1n) is 8.27. The molecular weight excluding hydrogens is 318 g/mol. The van der Waals surface area contributed by atoms with Crippen LogP contribution < -0.4 is 4.90 Å². The zero-order chi connectivity index (χ0) is 17.6. The van der Waals surface area contributed by atoms with E-state index in [1.165, 1.54) is 23.0 Å². The minimum atomic E-state index is 0.0182. The van der Waals surface area contributed by atoms with Crippen LogP contribution in [0.3, 0.4) is 0 Å². The average Bonchev–Trinajstić information content (AvgIpc) is 2.80. The minimum absolute atomic E-state index is 0.0182. The van der Waals surface area contributed by atoms with Crippen molar-refractivity contribution >= 4 is 34.6 Å². The molecule has 1 fully saturated rings. The maximum absolute atomic E-state index is 12.3. The van der Waals surface area contributed by atoms with Crippen LogP contribution >= 0.6 is 11.8 Å². The van der Waals surface area contributed by atoms with Crippen molar-refractivity contribution < 1.29 is 4.79 Å². The topological polar surface area (TPSA) is 35.9 Å². The van der Waals surface area contributed by atoms with Gasteiger partial charge < -0.3 is 4.90 Å². The number of likely N-dealkylation sites (N-methyl/N-ethyl adjacent to an activating group) is 1. The summed E-state index contributed by atoms with van der Waals surface area (Å²) in [5.41, 5.74) is 3.90. The molecule has 0 saturated carbocycles. The van der Waals surface area contributed by atoms with E-state index < -0.39 is 0 Å². The molecule has 3 rings (SSSR count). The van der Waals surface area contributed by atoms with Gasteiger partial charge in [-0.15, -0.1) is 0 Å². The average molecular weight is 343 g/mol. The fraction of sp³-hybridized carbons (Fsp3) is 0.474. The van der Waals surface area contributed by atoms with Gasteiger partial charge in [0.2, 0.25) is 0 Å². The van der Waals surface area contributed by atoms with Crippen LogP contribution in [0.4, 0.5) is 5.69 Å². The summed E-state index contributed by atoms with van der Waals surface area (Å²) in [4.78, 5) is 21.2. The maximum Gasteiger partial charge on any atom is 0.266 e. The lowest BCUT2D eigenvalue weighted by molar-refractivity contribution is -0.121. The number of fused-ring (bicyclic) bond motifs is 1. The third-order valence-electron chi connectivity index (χ3n) is 5.15. The van der Waals surface area contributed by atoms with Gasteiger partial charge in [-0.3, -0.25) is 14.7 Å². The van der Waals surface area contributed by atoms with Crippen molar-refractivity contribution in [3.05, 3.63) is 34.2 Å². The Morgan fingerprint density at radius 2 is 2.04 bits per heavy atom. The molecule has 5 heteroatoms. The van der Waals surface area contributed by atoms with E-state index in [4.69, 9.17) is 0 Å². The number of aliphatic imine (C=N–C) groups is 1. The van der Waals surface area contributed by atoms with Gasteiger partial charge in [0.25, 0.3) is 5.91 Å². The Labute approximate surface area is 148 Å². The number of rotatable bonds is 1. The smallest absolute Gasteiger partial charge is 0.266 e. The Balaban J connectivity index is 1.97. The number of benzene rings is 1.